The molecule has 0 saturated carbocycles. The Balaban J connectivity index is 2.02. The van der Waals surface area contributed by atoms with Crippen molar-refractivity contribution in [3.63, 3.8) is 0 Å². The molecule has 3 rings (SSSR count). The highest BCUT2D eigenvalue weighted by atomic mass is 35.5. The molecule has 0 aliphatic carbocycles. The van der Waals surface area contributed by atoms with Crippen molar-refractivity contribution in [1.82, 2.24) is 0 Å². The molecule has 0 saturated heterocycles. The number of aromatic hydroxyl groups is 1. The van der Waals surface area contributed by atoms with E-state index in [9.17, 15) is 19.8 Å². The SMILES string of the molecule is O=C(O)c1ccc(N=C2C(=O)c3cc(Cl)ccc3OC2O)cc1O. The molecular formula is C16H10ClNO6. The number of carboxylic acids is 1. The number of halogens is 1. The molecule has 1 aliphatic heterocycles. The van der Waals surface area contributed by atoms with Gasteiger partial charge in [0.2, 0.25) is 12.1 Å². The number of aliphatic hydroxyl groups is 1. The van der Waals surface area contributed by atoms with Crippen molar-refractivity contribution >= 4 is 34.8 Å². The predicted octanol–water partition coefficient (Wildman–Crippen LogP) is 2.41. The lowest BCUT2D eigenvalue weighted by Gasteiger charge is -2.22. The number of benzene rings is 2. The maximum absolute atomic E-state index is 12.5. The van der Waals surface area contributed by atoms with E-state index in [0.29, 0.717) is 5.02 Å². The van der Waals surface area contributed by atoms with Crippen LogP contribution >= 0.6 is 11.6 Å². The standard InChI is InChI=1S/C16H10ClNO6/c17-7-1-4-12-10(5-7)14(20)13(16(23)24-12)18-8-2-3-9(15(21)22)11(19)6-8/h1-6,16,19,23H,(H,21,22). The van der Waals surface area contributed by atoms with Crippen molar-refractivity contribution in [2.45, 2.75) is 6.29 Å². The molecule has 2 aromatic rings. The Hall–Kier alpha value is -2.90. The first-order valence-electron chi connectivity index (χ1n) is 6.70. The number of ether oxygens (including phenoxy) is 1. The average Bonchev–Trinajstić information content (AvgIpc) is 2.52. The third-order valence-corrected chi connectivity index (χ3v) is 3.59. The van der Waals surface area contributed by atoms with Crippen LogP contribution in [0.4, 0.5) is 5.69 Å². The van der Waals surface area contributed by atoms with E-state index in [0.717, 1.165) is 12.1 Å². The van der Waals surface area contributed by atoms with Crippen LogP contribution in [0.25, 0.3) is 0 Å². The number of Topliss-reactive ketones (excluding diaryl/α,β-unsaturated/α-hetero) is 1. The largest absolute Gasteiger partial charge is 0.507 e. The van der Waals surface area contributed by atoms with Gasteiger partial charge in [-0.25, -0.2) is 9.79 Å². The fraction of sp³-hybridized carbons (Fsp3) is 0.0625. The van der Waals surface area contributed by atoms with E-state index in [-0.39, 0.29) is 28.3 Å². The van der Waals surface area contributed by atoms with E-state index in [1.807, 2.05) is 0 Å². The van der Waals surface area contributed by atoms with Crippen LogP contribution in [-0.2, 0) is 0 Å². The topological polar surface area (TPSA) is 116 Å². The molecule has 0 spiro atoms. The second-order valence-corrected chi connectivity index (χ2v) is 5.38. The second-order valence-electron chi connectivity index (χ2n) is 4.94. The molecular weight excluding hydrogens is 338 g/mol. The smallest absolute Gasteiger partial charge is 0.339 e. The number of ketones is 1. The summed E-state index contributed by atoms with van der Waals surface area (Å²) in [7, 11) is 0. The quantitative estimate of drug-likeness (QED) is 0.768. The first-order chi connectivity index (χ1) is 11.4. The molecule has 3 N–H and O–H groups in total. The molecule has 2 aromatic carbocycles. The van der Waals surface area contributed by atoms with Crippen LogP contribution in [0.3, 0.4) is 0 Å². The number of fused-ring (bicyclic) bond motifs is 1. The Labute approximate surface area is 140 Å². The number of carbonyl (C=O) groups excluding carboxylic acids is 1. The fourth-order valence-electron chi connectivity index (χ4n) is 2.22. The van der Waals surface area contributed by atoms with Gasteiger partial charge in [-0.05, 0) is 30.3 Å². The molecule has 7 nitrogen and oxygen atoms in total. The number of aliphatic imine (C=N–C) groups is 1. The summed E-state index contributed by atoms with van der Waals surface area (Å²) in [6.07, 6.45) is -1.59. The number of phenols is 1. The van der Waals surface area contributed by atoms with Gasteiger partial charge in [-0.2, -0.15) is 0 Å². The minimum absolute atomic E-state index is 0.0916. The van der Waals surface area contributed by atoms with Crippen LogP contribution in [0.5, 0.6) is 11.5 Å². The molecule has 24 heavy (non-hydrogen) atoms. The van der Waals surface area contributed by atoms with Gasteiger partial charge in [-0.1, -0.05) is 11.6 Å². The third-order valence-electron chi connectivity index (χ3n) is 3.35. The maximum atomic E-state index is 12.5. The number of carboxylic acid groups (broad SMARTS) is 1. The average molecular weight is 348 g/mol. The van der Waals surface area contributed by atoms with Crippen LogP contribution in [0, 0.1) is 0 Å². The van der Waals surface area contributed by atoms with Crippen molar-refractivity contribution in [2.75, 3.05) is 0 Å². The summed E-state index contributed by atoms with van der Waals surface area (Å²) in [6.45, 7) is 0. The van der Waals surface area contributed by atoms with Gasteiger partial charge < -0.3 is 20.1 Å². The highest BCUT2D eigenvalue weighted by molar-refractivity contribution is 6.49. The van der Waals surface area contributed by atoms with Crippen LogP contribution in [-0.4, -0.2) is 39.1 Å². The highest BCUT2D eigenvalue weighted by Crippen LogP contribution is 2.30. The molecule has 122 valence electrons. The number of hydrogen-bond donors (Lipinski definition) is 3. The van der Waals surface area contributed by atoms with Gasteiger partial charge >= 0.3 is 5.97 Å². The molecule has 0 amide bonds. The number of hydrogen-bond acceptors (Lipinski definition) is 6. The Morgan fingerprint density at radius 3 is 2.62 bits per heavy atom. The molecule has 0 radical (unpaired) electrons. The van der Waals surface area contributed by atoms with Crippen molar-refractivity contribution in [3.05, 3.63) is 52.5 Å². The summed E-state index contributed by atoms with van der Waals surface area (Å²) < 4.78 is 5.22. The zero-order chi connectivity index (χ0) is 17.4. The number of aliphatic hydroxyl groups excluding tert-OH is 1. The molecule has 0 fully saturated rings. The minimum Gasteiger partial charge on any atom is -0.507 e. The summed E-state index contributed by atoms with van der Waals surface area (Å²) in [5, 5.41) is 28.8. The molecule has 0 aromatic heterocycles. The van der Waals surface area contributed by atoms with E-state index in [1.165, 1.54) is 24.3 Å². The van der Waals surface area contributed by atoms with Crippen molar-refractivity contribution < 1.29 is 29.6 Å². The molecule has 1 heterocycles. The summed E-state index contributed by atoms with van der Waals surface area (Å²) >= 11 is 5.86. The predicted molar refractivity (Wildman–Crippen MR) is 84.6 cm³/mol. The Morgan fingerprint density at radius 1 is 1.21 bits per heavy atom. The van der Waals surface area contributed by atoms with Crippen LogP contribution in [0.2, 0.25) is 5.02 Å². The summed E-state index contributed by atoms with van der Waals surface area (Å²) in [6, 6.07) is 7.88. The zero-order valence-corrected chi connectivity index (χ0v) is 12.7. The maximum Gasteiger partial charge on any atom is 0.339 e. The first-order valence-corrected chi connectivity index (χ1v) is 7.08. The zero-order valence-electron chi connectivity index (χ0n) is 11.9. The summed E-state index contributed by atoms with van der Waals surface area (Å²) in [5.41, 5.74) is -0.359. The van der Waals surface area contributed by atoms with E-state index in [4.69, 9.17) is 21.4 Å². The molecule has 1 unspecified atom stereocenters. The molecule has 0 bridgehead atoms. The highest BCUT2D eigenvalue weighted by Gasteiger charge is 2.32. The van der Waals surface area contributed by atoms with Crippen molar-refractivity contribution in [1.29, 1.82) is 0 Å². The Bertz CT molecular complexity index is 892. The molecule has 8 heteroatoms. The van der Waals surface area contributed by atoms with Gasteiger partial charge in [0.1, 0.15) is 17.1 Å². The third kappa shape index (κ3) is 2.82. The second kappa shape index (κ2) is 5.95. The van der Waals surface area contributed by atoms with Gasteiger partial charge in [-0.3, -0.25) is 4.79 Å². The lowest BCUT2D eigenvalue weighted by atomic mass is 10.0. The van der Waals surface area contributed by atoms with Gasteiger partial charge in [0.05, 0.1) is 11.3 Å². The number of nitrogens with zero attached hydrogens (tertiary/aromatic N) is 1. The van der Waals surface area contributed by atoms with Crippen LogP contribution < -0.4 is 4.74 Å². The summed E-state index contributed by atoms with van der Waals surface area (Å²) in [5.74, 6) is -2.20. The van der Waals surface area contributed by atoms with E-state index in [2.05, 4.69) is 4.99 Å². The first kappa shape index (κ1) is 16.0. The van der Waals surface area contributed by atoms with Crippen molar-refractivity contribution in [3.8, 4) is 11.5 Å². The fourth-order valence-corrected chi connectivity index (χ4v) is 2.40. The Morgan fingerprint density at radius 2 is 1.96 bits per heavy atom. The van der Waals surface area contributed by atoms with Gasteiger partial charge in [0, 0.05) is 11.1 Å². The lowest BCUT2D eigenvalue weighted by molar-refractivity contribution is 0.0348. The van der Waals surface area contributed by atoms with E-state index < -0.39 is 23.8 Å². The van der Waals surface area contributed by atoms with Crippen LogP contribution in [0.1, 0.15) is 20.7 Å². The molecule has 1 atom stereocenters. The monoisotopic (exact) mass is 347 g/mol. The normalized spacial score (nSPS) is 18.2. The van der Waals surface area contributed by atoms with Gasteiger partial charge in [-0.15, -0.1) is 0 Å². The van der Waals surface area contributed by atoms with E-state index in [1.54, 1.807) is 0 Å². The van der Waals surface area contributed by atoms with Gasteiger partial charge in [0.15, 0.2) is 5.71 Å². The van der Waals surface area contributed by atoms with Crippen LogP contribution in [0.15, 0.2) is 41.4 Å². The minimum atomic E-state index is -1.59. The lowest BCUT2D eigenvalue weighted by Crippen LogP contribution is -2.38. The number of aromatic carboxylic acids is 1. The Kier molecular flexibility index (Phi) is 3.96. The number of carbonyl (C=O) groups is 2. The van der Waals surface area contributed by atoms with Crippen molar-refractivity contribution in [2.24, 2.45) is 4.99 Å². The molecule has 1 aliphatic rings. The summed E-state index contributed by atoms with van der Waals surface area (Å²) in [4.78, 5) is 27.3. The number of rotatable bonds is 2. The van der Waals surface area contributed by atoms with Gasteiger partial charge in [0.25, 0.3) is 0 Å². The van der Waals surface area contributed by atoms with E-state index >= 15 is 0 Å².